The summed E-state index contributed by atoms with van der Waals surface area (Å²) < 4.78 is 17.5. The maximum atomic E-state index is 9.39. The third-order valence-electron chi connectivity index (χ3n) is 3.35. The average molecular weight is 281 g/mol. The predicted molar refractivity (Wildman–Crippen MR) is 67.6 cm³/mol. The van der Waals surface area contributed by atoms with E-state index in [0.717, 1.165) is 4.88 Å². The lowest BCUT2D eigenvalue weighted by atomic mass is 10.1. The van der Waals surface area contributed by atoms with Crippen molar-refractivity contribution in [1.29, 1.82) is 5.26 Å². The van der Waals surface area contributed by atoms with Crippen LogP contribution in [0.5, 0.6) is 0 Å². The van der Waals surface area contributed by atoms with Crippen LogP contribution in [-0.2, 0) is 14.2 Å². The van der Waals surface area contributed by atoms with Crippen LogP contribution in [0.1, 0.15) is 29.7 Å². The number of nitrogens with zero attached hydrogens (tertiary/aromatic N) is 1. The van der Waals surface area contributed by atoms with E-state index < -0.39 is 5.79 Å². The van der Waals surface area contributed by atoms with E-state index in [9.17, 15) is 5.11 Å². The maximum absolute atomic E-state index is 9.39. The number of hydrogen-bond acceptors (Lipinski definition) is 6. The molecule has 0 unspecified atom stereocenters. The van der Waals surface area contributed by atoms with Gasteiger partial charge in [0.1, 0.15) is 35.4 Å². The van der Waals surface area contributed by atoms with Crippen molar-refractivity contribution in [3.8, 4) is 6.07 Å². The summed E-state index contributed by atoms with van der Waals surface area (Å²) in [6.07, 6.45) is -1.17. The monoisotopic (exact) mass is 281 g/mol. The molecule has 3 rings (SSSR count). The lowest BCUT2D eigenvalue weighted by molar-refractivity contribution is -0.190. The standard InChI is InChI=1S/C13H15NO4S/c1-13(2)17-10-8(6-15)16-11(12(10)18-13)9-4-3-7(5-14)19-9/h3-4,8,10-12,15H,6H2,1-2H3/t8-,10-,11-,12-/m1/s1. The summed E-state index contributed by atoms with van der Waals surface area (Å²) in [6.45, 7) is 3.60. The van der Waals surface area contributed by atoms with Gasteiger partial charge in [-0.3, -0.25) is 0 Å². The van der Waals surface area contributed by atoms with Gasteiger partial charge in [-0.25, -0.2) is 0 Å². The zero-order valence-corrected chi connectivity index (χ0v) is 11.5. The number of aliphatic hydroxyl groups is 1. The van der Waals surface area contributed by atoms with Crippen molar-refractivity contribution < 1.29 is 19.3 Å². The van der Waals surface area contributed by atoms with Crippen LogP contribution in [0, 0.1) is 11.3 Å². The molecule has 0 aromatic carbocycles. The van der Waals surface area contributed by atoms with Gasteiger partial charge in [-0.05, 0) is 26.0 Å². The molecule has 0 saturated carbocycles. The zero-order valence-electron chi connectivity index (χ0n) is 10.7. The van der Waals surface area contributed by atoms with Crippen molar-refractivity contribution >= 4 is 11.3 Å². The third-order valence-corrected chi connectivity index (χ3v) is 4.40. The third kappa shape index (κ3) is 2.18. The molecule has 6 heteroatoms. The minimum Gasteiger partial charge on any atom is -0.394 e. The Morgan fingerprint density at radius 1 is 1.37 bits per heavy atom. The molecule has 2 aliphatic heterocycles. The van der Waals surface area contributed by atoms with Crippen LogP contribution >= 0.6 is 11.3 Å². The highest BCUT2D eigenvalue weighted by Gasteiger charge is 2.55. The maximum Gasteiger partial charge on any atom is 0.164 e. The van der Waals surface area contributed by atoms with E-state index in [4.69, 9.17) is 19.5 Å². The molecule has 1 N–H and O–H groups in total. The normalized spacial score (nSPS) is 36.1. The highest BCUT2D eigenvalue weighted by molar-refractivity contribution is 7.12. The van der Waals surface area contributed by atoms with E-state index in [-0.39, 0.29) is 31.0 Å². The number of ether oxygens (including phenoxy) is 3. The molecule has 2 fully saturated rings. The van der Waals surface area contributed by atoms with Gasteiger partial charge in [0.25, 0.3) is 0 Å². The highest BCUT2D eigenvalue weighted by Crippen LogP contribution is 2.46. The van der Waals surface area contributed by atoms with E-state index in [1.807, 2.05) is 19.9 Å². The fraction of sp³-hybridized carbons (Fsp3) is 0.615. The van der Waals surface area contributed by atoms with E-state index in [2.05, 4.69) is 6.07 Å². The minimum absolute atomic E-state index is 0.104. The Morgan fingerprint density at radius 3 is 2.74 bits per heavy atom. The van der Waals surface area contributed by atoms with Gasteiger partial charge in [0.15, 0.2) is 5.79 Å². The molecule has 102 valence electrons. The lowest BCUT2D eigenvalue weighted by Gasteiger charge is -2.23. The number of aliphatic hydroxyl groups excluding tert-OH is 1. The van der Waals surface area contributed by atoms with E-state index >= 15 is 0 Å². The van der Waals surface area contributed by atoms with Gasteiger partial charge in [-0.15, -0.1) is 11.3 Å². The summed E-state index contributed by atoms with van der Waals surface area (Å²) >= 11 is 1.39. The number of rotatable bonds is 2. The van der Waals surface area contributed by atoms with Crippen LogP contribution in [-0.4, -0.2) is 35.8 Å². The van der Waals surface area contributed by atoms with Crippen LogP contribution in [0.15, 0.2) is 12.1 Å². The molecule has 19 heavy (non-hydrogen) atoms. The minimum atomic E-state index is -0.667. The van der Waals surface area contributed by atoms with Crippen LogP contribution in [0.4, 0.5) is 0 Å². The molecule has 3 heterocycles. The second-order valence-electron chi connectivity index (χ2n) is 5.16. The van der Waals surface area contributed by atoms with Gasteiger partial charge in [-0.1, -0.05) is 0 Å². The summed E-state index contributed by atoms with van der Waals surface area (Å²) in [6, 6.07) is 5.76. The first kappa shape index (κ1) is 13.0. The summed E-state index contributed by atoms with van der Waals surface area (Å²) in [5.74, 6) is -0.667. The van der Waals surface area contributed by atoms with Crippen molar-refractivity contribution in [2.45, 2.75) is 44.1 Å². The Bertz CT molecular complexity index is 521. The quantitative estimate of drug-likeness (QED) is 0.891. The molecule has 4 atom stereocenters. The largest absolute Gasteiger partial charge is 0.394 e. The Balaban J connectivity index is 1.88. The SMILES string of the molecule is CC1(C)O[C@@H]2[C@H](O1)[C@@H](CO)O[C@@H]2c1ccc(C#N)s1. The lowest BCUT2D eigenvalue weighted by Crippen LogP contribution is -2.31. The average Bonchev–Trinajstić information content (AvgIpc) is 3.01. The second kappa shape index (κ2) is 4.54. The fourth-order valence-electron chi connectivity index (χ4n) is 2.62. The molecular weight excluding hydrogens is 266 g/mol. The zero-order chi connectivity index (χ0) is 13.6. The van der Waals surface area contributed by atoms with Crippen molar-refractivity contribution in [2.75, 3.05) is 6.61 Å². The molecule has 1 aromatic rings. The molecule has 0 spiro atoms. The first-order valence-corrected chi connectivity index (χ1v) is 6.97. The first-order chi connectivity index (χ1) is 9.04. The second-order valence-corrected chi connectivity index (χ2v) is 6.27. The van der Waals surface area contributed by atoms with Crippen molar-refractivity contribution in [3.63, 3.8) is 0 Å². The summed E-state index contributed by atoms with van der Waals surface area (Å²) in [7, 11) is 0. The Hall–Kier alpha value is -0.970. The van der Waals surface area contributed by atoms with Gasteiger partial charge in [0.2, 0.25) is 0 Å². The molecular formula is C13H15NO4S. The predicted octanol–water partition coefficient (Wildman–Crippen LogP) is 1.57. The highest BCUT2D eigenvalue weighted by atomic mass is 32.1. The molecule has 2 saturated heterocycles. The van der Waals surface area contributed by atoms with Gasteiger partial charge >= 0.3 is 0 Å². The topological polar surface area (TPSA) is 71.7 Å². The number of fused-ring (bicyclic) bond motifs is 1. The molecule has 1 aromatic heterocycles. The fourth-order valence-corrected chi connectivity index (χ4v) is 3.50. The molecule has 0 radical (unpaired) electrons. The van der Waals surface area contributed by atoms with Crippen molar-refractivity contribution in [3.05, 3.63) is 21.9 Å². The van der Waals surface area contributed by atoms with Crippen LogP contribution < -0.4 is 0 Å². The van der Waals surface area contributed by atoms with Crippen molar-refractivity contribution in [1.82, 2.24) is 0 Å². The molecule has 0 aliphatic carbocycles. The summed E-state index contributed by atoms with van der Waals surface area (Å²) in [4.78, 5) is 1.57. The first-order valence-electron chi connectivity index (χ1n) is 6.16. The molecule has 2 aliphatic rings. The van der Waals surface area contributed by atoms with Gasteiger partial charge in [0.05, 0.1) is 6.61 Å². The van der Waals surface area contributed by atoms with E-state index in [1.54, 1.807) is 6.07 Å². The molecule has 0 bridgehead atoms. The summed E-state index contributed by atoms with van der Waals surface area (Å²) in [5.41, 5.74) is 0. The Morgan fingerprint density at radius 2 is 2.11 bits per heavy atom. The Labute approximate surface area is 115 Å². The van der Waals surface area contributed by atoms with Crippen LogP contribution in [0.3, 0.4) is 0 Å². The summed E-state index contributed by atoms with van der Waals surface area (Å²) in [5, 5.41) is 18.3. The number of hydrogen-bond donors (Lipinski definition) is 1. The number of thiophene rings is 1. The van der Waals surface area contributed by atoms with Crippen LogP contribution in [0.2, 0.25) is 0 Å². The van der Waals surface area contributed by atoms with Gasteiger partial charge in [0, 0.05) is 4.88 Å². The van der Waals surface area contributed by atoms with Gasteiger partial charge < -0.3 is 19.3 Å². The molecule has 5 nitrogen and oxygen atoms in total. The van der Waals surface area contributed by atoms with E-state index in [1.165, 1.54) is 11.3 Å². The van der Waals surface area contributed by atoms with Crippen LogP contribution in [0.25, 0.3) is 0 Å². The van der Waals surface area contributed by atoms with E-state index in [0.29, 0.717) is 4.88 Å². The van der Waals surface area contributed by atoms with Crippen molar-refractivity contribution in [2.24, 2.45) is 0 Å². The van der Waals surface area contributed by atoms with Gasteiger partial charge in [-0.2, -0.15) is 5.26 Å². The number of nitriles is 1. The molecule has 0 amide bonds. The Kier molecular flexibility index (Phi) is 3.12. The smallest absolute Gasteiger partial charge is 0.164 e.